The molecule has 0 radical (unpaired) electrons. The zero-order chi connectivity index (χ0) is 11.8. The molecular formula is C14H24N2. The van der Waals surface area contributed by atoms with Gasteiger partial charge in [-0.25, -0.2) is 0 Å². The van der Waals surface area contributed by atoms with Gasteiger partial charge in [-0.15, -0.1) is 0 Å². The second kappa shape index (κ2) is 7.29. The van der Waals surface area contributed by atoms with E-state index in [9.17, 15) is 0 Å². The number of nitrogens with one attached hydrogen (secondary N) is 1. The monoisotopic (exact) mass is 220 g/mol. The fourth-order valence-corrected chi connectivity index (χ4v) is 1.80. The summed E-state index contributed by atoms with van der Waals surface area (Å²) >= 11 is 0. The highest BCUT2D eigenvalue weighted by Gasteiger charge is 2.02. The lowest BCUT2D eigenvalue weighted by Crippen LogP contribution is -2.28. The van der Waals surface area contributed by atoms with Gasteiger partial charge >= 0.3 is 0 Å². The third-order valence-electron chi connectivity index (χ3n) is 2.79. The van der Waals surface area contributed by atoms with Crippen LogP contribution < -0.4 is 11.1 Å². The van der Waals surface area contributed by atoms with E-state index in [0.29, 0.717) is 6.04 Å². The van der Waals surface area contributed by atoms with Crippen LogP contribution in [0.4, 0.5) is 5.69 Å². The fourth-order valence-electron chi connectivity index (χ4n) is 1.80. The summed E-state index contributed by atoms with van der Waals surface area (Å²) in [5.41, 5.74) is 7.85. The average Bonchev–Trinajstić information content (AvgIpc) is 2.28. The number of benzene rings is 1. The maximum Gasteiger partial charge on any atom is 0.0314 e. The van der Waals surface area contributed by atoms with Gasteiger partial charge in [0.1, 0.15) is 0 Å². The number of rotatable bonds is 7. The largest absolute Gasteiger partial charge is 0.399 e. The average molecular weight is 220 g/mol. The predicted molar refractivity (Wildman–Crippen MR) is 71.5 cm³/mol. The van der Waals surface area contributed by atoms with Gasteiger partial charge in [0.25, 0.3) is 0 Å². The first-order valence-corrected chi connectivity index (χ1v) is 6.30. The number of hydrogen-bond donors (Lipinski definition) is 2. The van der Waals surface area contributed by atoms with Crippen molar-refractivity contribution >= 4 is 5.69 Å². The summed E-state index contributed by atoms with van der Waals surface area (Å²) in [5, 5.41) is 3.55. The summed E-state index contributed by atoms with van der Waals surface area (Å²) in [6, 6.07) is 8.71. The summed E-state index contributed by atoms with van der Waals surface area (Å²) in [4.78, 5) is 0. The summed E-state index contributed by atoms with van der Waals surface area (Å²) in [7, 11) is 0. The van der Waals surface area contributed by atoms with E-state index in [4.69, 9.17) is 5.73 Å². The molecule has 0 spiro atoms. The highest BCUT2D eigenvalue weighted by atomic mass is 14.9. The van der Waals surface area contributed by atoms with Gasteiger partial charge < -0.3 is 11.1 Å². The van der Waals surface area contributed by atoms with E-state index in [0.717, 1.165) is 18.7 Å². The molecule has 0 aliphatic heterocycles. The van der Waals surface area contributed by atoms with Crippen LogP contribution in [0.15, 0.2) is 24.3 Å². The fraction of sp³-hybridized carbons (Fsp3) is 0.571. The van der Waals surface area contributed by atoms with Crippen LogP contribution in [-0.2, 0) is 6.42 Å². The molecule has 16 heavy (non-hydrogen) atoms. The molecule has 1 unspecified atom stereocenters. The third-order valence-corrected chi connectivity index (χ3v) is 2.79. The van der Waals surface area contributed by atoms with E-state index in [2.05, 4.69) is 31.3 Å². The van der Waals surface area contributed by atoms with Crippen LogP contribution in [0.3, 0.4) is 0 Å². The number of anilines is 1. The molecule has 1 aromatic carbocycles. The Kier molecular flexibility index (Phi) is 5.94. The predicted octanol–water partition coefficient (Wildman–Crippen LogP) is 2.98. The molecule has 1 rings (SSSR count). The number of nitrogens with two attached hydrogens (primary N) is 1. The molecule has 0 saturated heterocycles. The molecule has 1 aromatic rings. The van der Waals surface area contributed by atoms with Crippen LogP contribution in [0.25, 0.3) is 0 Å². The molecular weight excluding hydrogens is 196 g/mol. The molecule has 0 fully saturated rings. The third kappa shape index (κ3) is 5.17. The number of unbranched alkanes of at least 4 members (excludes halogenated alkanes) is 2. The normalized spacial score (nSPS) is 12.6. The summed E-state index contributed by atoms with van der Waals surface area (Å²) < 4.78 is 0. The van der Waals surface area contributed by atoms with Gasteiger partial charge in [-0.1, -0.05) is 31.9 Å². The van der Waals surface area contributed by atoms with Crippen molar-refractivity contribution in [2.75, 3.05) is 12.3 Å². The lowest BCUT2D eigenvalue weighted by Gasteiger charge is -2.13. The molecule has 0 saturated carbocycles. The number of hydrogen-bond acceptors (Lipinski definition) is 2. The molecule has 0 heterocycles. The highest BCUT2D eigenvalue weighted by molar-refractivity contribution is 5.39. The Morgan fingerprint density at radius 3 is 2.50 bits per heavy atom. The minimum absolute atomic E-state index is 0.542. The van der Waals surface area contributed by atoms with Crippen molar-refractivity contribution in [3.8, 4) is 0 Å². The number of nitrogen functional groups attached to an aromatic ring is 1. The van der Waals surface area contributed by atoms with Gasteiger partial charge in [-0.3, -0.25) is 0 Å². The van der Waals surface area contributed by atoms with E-state index >= 15 is 0 Å². The van der Waals surface area contributed by atoms with Crippen LogP contribution in [-0.4, -0.2) is 12.6 Å². The van der Waals surface area contributed by atoms with Gasteiger partial charge in [0.05, 0.1) is 0 Å². The Morgan fingerprint density at radius 2 is 1.88 bits per heavy atom. The highest BCUT2D eigenvalue weighted by Crippen LogP contribution is 2.07. The Bertz CT molecular complexity index is 279. The molecule has 1 atom stereocenters. The smallest absolute Gasteiger partial charge is 0.0314 e. The van der Waals surface area contributed by atoms with Crippen molar-refractivity contribution in [2.24, 2.45) is 0 Å². The van der Waals surface area contributed by atoms with Crippen LogP contribution in [0.1, 0.15) is 38.7 Å². The van der Waals surface area contributed by atoms with Gasteiger partial charge in [0.15, 0.2) is 0 Å². The van der Waals surface area contributed by atoms with Crippen molar-refractivity contribution in [1.82, 2.24) is 5.32 Å². The molecule has 0 amide bonds. The first-order chi connectivity index (χ1) is 7.72. The zero-order valence-corrected chi connectivity index (χ0v) is 10.5. The van der Waals surface area contributed by atoms with Crippen LogP contribution in [0, 0.1) is 0 Å². The molecule has 0 aromatic heterocycles. The van der Waals surface area contributed by atoms with Crippen molar-refractivity contribution in [3.05, 3.63) is 29.8 Å². The first kappa shape index (κ1) is 13.0. The molecule has 2 heteroatoms. The van der Waals surface area contributed by atoms with E-state index in [1.807, 2.05) is 12.1 Å². The first-order valence-electron chi connectivity index (χ1n) is 6.30. The van der Waals surface area contributed by atoms with E-state index in [1.165, 1.54) is 24.8 Å². The molecule has 3 N–H and O–H groups in total. The Morgan fingerprint density at radius 1 is 1.19 bits per heavy atom. The van der Waals surface area contributed by atoms with Crippen molar-refractivity contribution in [1.29, 1.82) is 0 Å². The maximum absolute atomic E-state index is 5.66. The Balaban J connectivity index is 2.23. The topological polar surface area (TPSA) is 38.0 Å². The van der Waals surface area contributed by atoms with Crippen molar-refractivity contribution in [2.45, 2.75) is 45.6 Å². The lowest BCUT2D eigenvalue weighted by molar-refractivity contribution is 0.523. The van der Waals surface area contributed by atoms with E-state index < -0.39 is 0 Å². The summed E-state index contributed by atoms with van der Waals surface area (Å²) in [5.74, 6) is 0. The maximum atomic E-state index is 5.66. The molecule has 0 aliphatic rings. The van der Waals surface area contributed by atoms with E-state index in [-0.39, 0.29) is 0 Å². The molecule has 0 bridgehead atoms. The summed E-state index contributed by atoms with van der Waals surface area (Å²) in [6.45, 7) is 5.60. The minimum atomic E-state index is 0.542. The van der Waals surface area contributed by atoms with Crippen LogP contribution in [0.2, 0.25) is 0 Å². The van der Waals surface area contributed by atoms with Crippen molar-refractivity contribution in [3.63, 3.8) is 0 Å². The Hall–Kier alpha value is -1.02. The zero-order valence-electron chi connectivity index (χ0n) is 10.5. The second-order valence-electron chi connectivity index (χ2n) is 4.51. The molecule has 2 nitrogen and oxygen atoms in total. The van der Waals surface area contributed by atoms with Crippen LogP contribution in [0.5, 0.6) is 0 Å². The molecule has 0 aliphatic carbocycles. The SMILES string of the molecule is CCCCCNC(C)Cc1ccc(N)cc1. The summed E-state index contributed by atoms with van der Waals surface area (Å²) in [6.07, 6.45) is 4.96. The molecule has 90 valence electrons. The quantitative estimate of drug-likeness (QED) is 0.547. The Labute approximate surface area is 99.2 Å². The van der Waals surface area contributed by atoms with E-state index in [1.54, 1.807) is 0 Å². The van der Waals surface area contributed by atoms with Gasteiger partial charge in [-0.05, 0) is 44.0 Å². The standard InChI is InChI=1S/C14H24N2/c1-3-4-5-10-16-12(2)11-13-6-8-14(15)9-7-13/h6-9,12,16H,3-5,10-11,15H2,1-2H3. The van der Waals surface area contributed by atoms with Gasteiger partial charge in [0.2, 0.25) is 0 Å². The van der Waals surface area contributed by atoms with Crippen LogP contribution >= 0.6 is 0 Å². The lowest BCUT2D eigenvalue weighted by atomic mass is 10.1. The second-order valence-corrected chi connectivity index (χ2v) is 4.51. The minimum Gasteiger partial charge on any atom is -0.399 e. The van der Waals surface area contributed by atoms with Gasteiger partial charge in [-0.2, -0.15) is 0 Å². The van der Waals surface area contributed by atoms with Gasteiger partial charge in [0, 0.05) is 11.7 Å². The van der Waals surface area contributed by atoms with Crippen molar-refractivity contribution < 1.29 is 0 Å².